The first-order valence-corrected chi connectivity index (χ1v) is 7.03. The van der Waals surface area contributed by atoms with E-state index in [4.69, 9.17) is 0 Å². The van der Waals surface area contributed by atoms with Crippen molar-refractivity contribution in [3.05, 3.63) is 0 Å². The van der Waals surface area contributed by atoms with Crippen molar-refractivity contribution in [2.45, 2.75) is 83.7 Å². The van der Waals surface area contributed by atoms with Crippen LogP contribution in [0.15, 0.2) is 0 Å². The Hall–Kier alpha value is -0.0400. The fraction of sp³-hybridized carbons (Fsp3) is 1.00. The van der Waals surface area contributed by atoms with Gasteiger partial charge < -0.3 is 5.32 Å². The molecule has 15 heavy (non-hydrogen) atoms. The highest BCUT2D eigenvalue weighted by Crippen LogP contribution is 2.51. The second kappa shape index (κ2) is 4.86. The van der Waals surface area contributed by atoms with Crippen LogP contribution in [0.1, 0.15) is 71.6 Å². The van der Waals surface area contributed by atoms with Gasteiger partial charge in [-0.2, -0.15) is 0 Å². The first-order valence-electron chi connectivity index (χ1n) is 7.03. The van der Waals surface area contributed by atoms with Crippen molar-refractivity contribution in [1.82, 2.24) is 5.32 Å². The van der Waals surface area contributed by atoms with E-state index in [-0.39, 0.29) is 0 Å². The molecule has 0 heterocycles. The van der Waals surface area contributed by atoms with Crippen LogP contribution in [-0.4, -0.2) is 12.1 Å². The molecular weight excluding hydrogens is 182 g/mol. The molecule has 0 amide bonds. The maximum Gasteiger partial charge on any atom is 0.0126 e. The quantitative estimate of drug-likeness (QED) is 0.741. The van der Waals surface area contributed by atoms with Crippen molar-refractivity contribution in [3.8, 4) is 0 Å². The number of hydrogen-bond donors (Lipinski definition) is 1. The largest absolute Gasteiger partial charge is 0.311 e. The zero-order valence-electron chi connectivity index (χ0n) is 10.5. The van der Waals surface area contributed by atoms with E-state index in [0.717, 1.165) is 17.5 Å². The van der Waals surface area contributed by atoms with Crippen molar-refractivity contribution in [3.63, 3.8) is 0 Å². The van der Waals surface area contributed by atoms with Gasteiger partial charge in [-0.15, -0.1) is 0 Å². The minimum atomic E-state index is 0.735. The lowest BCUT2D eigenvalue weighted by Crippen LogP contribution is -2.56. The Balaban J connectivity index is 1.82. The Morgan fingerprint density at radius 3 is 2.47 bits per heavy atom. The van der Waals surface area contributed by atoms with Crippen LogP contribution >= 0.6 is 0 Å². The lowest BCUT2D eigenvalue weighted by molar-refractivity contribution is 0.0170. The SMILES string of the molecule is CCCC(C)NC1CCC12CCCCC2. The molecule has 0 saturated heterocycles. The van der Waals surface area contributed by atoms with Crippen LogP contribution in [0.2, 0.25) is 0 Å². The first-order chi connectivity index (χ1) is 7.27. The van der Waals surface area contributed by atoms with Gasteiger partial charge in [0.25, 0.3) is 0 Å². The Morgan fingerprint density at radius 1 is 1.20 bits per heavy atom. The van der Waals surface area contributed by atoms with E-state index in [2.05, 4.69) is 19.2 Å². The van der Waals surface area contributed by atoms with Gasteiger partial charge in [-0.3, -0.25) is 0 Å². The molecule has 0 bridgehead atoms. The summed E-state index contributed by atoms with van der Waals surface area (Å²) in [6, 6.07) is 1.60. The molecule has 2 aliphatic rings. The summed E-state index contributed by atoms with van der Waals surface area (Å²) in [4.78, 5) is 0. The molecule has 2 rings (SSSR count). The van der Waals surface area contributed by atoms with Gasteiger partial charge in [0.05, 0.1) is 0 Å². The molecule has 2 saturated carbocycles. The smallest absolute Gasteiger partial charge is 0.0126 e. The van der Waals surface area contributed by atoms with Crippen molar-refractivity contribution in [2.24, 2.45) is 5.41 Å². The van der Waals surface area contributed by atoms with E-state index in [0.29, 0.717) is 0 Å². The minimum absolute atomic E-state index is 0.735. The van der Waals surface area contributed by atoms with Crippen molar-refractivity contribution in [1.29, 1.82) is 0 Å². The summed E-state index contributed by atoms with van der Waals surface area (Å²) in [6.45, 7) is 4.65. The second-order valence-electron chi connectivity index (χ2n) is 5.87. The van der Waals surface area contributed by atoms with Crippen LogP contribution < -0.4 is 5.32 Å². The number of nitrogens with one attached hydrogen (secondary N) is 1. The Labute approximate surface area is 95.0 Å². The molecule has 0 aromatic carbocycles. The fourth-order valence-electron chi connectivity index (χ4n) is 3.67. The van der Waals surface area contributed by atoms with Gasteiger partial charge in [0.2, 0.25) is 0 Å². The maximum atomic E-state index is 3.88. The van der Waals surface area contributed by atoms with Gasteiger partial charge in [-0.25, -0.2) is 0 Å². The monoisotopic (exact) mass is 209 g/mol. The molecule has 1 heteroatoms. The summed E-state index contributed by atoms with van der Waals surface area (Å²) in [5.74, 6) is 0. The first kappa shape index (κ1) is 11.4. The fourth-order valence-corrected chi connectivity index (χ4v) is 3.67. The lowest BCUT2D eigenvalue weighted by atomic mass is 9.57. The molecule has 88 valence electrons. The molecule has 0 radical (unpaired) electrons. The maximum absolute atomic E-state index is 3.88. The third-order valence-corrected chi connectivity index (χ3v) is 4.73. The molecule has 0 aliphatic heterocycles. The van der Waals surface area contributed by atoms with Crippen LogP contribution in [0.3, 0.4) is 0 Å². The van der Waals surface area contributed by atoms with E-state index >= 15 is 0 Å². The average molecular weight is 209 g/mol. The highest BCUT2D eigenvalue weighted by atomic mass is 15.0. The highest BCUT2D eigenvalue weighted by molar-refractivity contribution is 5.02. The molecule has 1 nitrogen and oxygen atoms in total. The second-order valence-corrected chi connectivity index (χ2v) is 5.87. The number of hydrogen-bond acceptors (Lipinski definition) is 1. The van der Waals surface area contributed by atoms with Crippen molar-refractivity contribution >= 4 is 0 Å². The molecule has 2 fully saturated rings. The van der Waals surface area contributed by atoms with Gasteiger partial charge in [0.15, 0.2) is 0 Å². The zero-order valence-corrected chi connectivity index (χ0v) is 10.5. The predicted octanol–water partition coefficient (Wildman–Crippen LogP) is 3.88. The Bertz CT molecular complexity index is 194. The lowest BCUT2D eigenvalue weighted by Gasteiger charge is -2.53. The van der Waals surface area contributed by atoms with Gasteiger partial charge >= 0.3 is 0 Å². The van der Waals surface area contributed by atoms with E-state index in [1.54, 1.807) is 0 Å². The molecule has 1 spiro atoms. The topological polar surface area (TPSA) is 12.0 Å². The zero-order chi connectivity index (χ0) is 10.7. The summed E-state index contributed by atoms with van der Waals surface area (Å²) in [6.07, 6.45) is 13.1. The van der Waals surface area contributed by atoms with Gasteiger partial charge in [0.1, 0.15) is 0 Å². The van der Waals surface area contributed by atoms with Crippen LogP contribution in [0.4, 0.5) is 0 Å². The molecule has 2 aliphatic carbocycles. The van der Waals surface area contributed by atoms with Gasteiger partial charge in [-0.1, -0.05) is 32.6 Å². The predicted molar refractivity (Wildman–Crippen MR) is 66.0 cm³/mol. The standard InChI is InChI=1S/C14H27N/c1-3-7-12(2)15-13-8-11-14(13)9-5-4-6-10-14/h12-13,15H,3-11H2,1-2H3. The average Bonchev–Trinajstić information content (AvgIpc) is 2.26. The van der Waals surface area contributed by atoms with Gasteiger partial charge in [-0.05, 0) is 44.4 Å². The Morgan fingerprint density at radius 2 is 1.93 bits per heavy atom. The van der Waals surface area contributed by atoms with Crippen molar-refractivity contribution < 1.29 is 0 Å². The van der Waals surface area contributed by atoms with E-state index < -0.39 is 0 Å². The van der Waals surface area contributed by atoms with Crippen molar-refractivity contribution in [2.75, 3.05) is 0 Å². The van der Waals surface area contributed by atoms with Crippen LogP contribution in [0.25, 0.3) is 0 Å². The normalized spacial score (nSPS) is 31.2. The summed E-state index contributed by atoms with van der Waals surface area (Å²) >= 11 is 0. The third kappa shape index (κ3) is 2.38. The van der Waals surface area contributed by atoms with Crippen LogP contribution in [0.5, 0.6) is 0 Å². The summed E-state index contributed by atoms with van der Waals surface area (Å²) in [5.41, 5.74) is 0.736. The third-order valence-electron chi connectivity index (χ3n) is 4.73. The Kier molecular flexibility index (Phi) is 3.71. The summed E-state index contributed by atoms with van der Waals surface area (Å²) < 4.78 is 0. The molecule has 0 aromatic rings. The summed E-state index contributed by atoms with van der Waals surface area (Å²) in [7, 11) is 0. The summed E-state index contributed by atoms with van der Waals surface area (Å²) in [5, 5.41) is 3.88. The minimum Gasteiger partial charge on any atom is -0.311 e. The molecule has 1 N–H and O–H groups in total. The molecule has 2 atom stereocenters. The molecule has 2 unspecified atom stereocenters. The molecular formula is C14H27N. The van der Waals surface area contributed by atoms with Gasteiger partial charge in [0, 0.05) is 12.1 Å². The van der Waals surface area contributed by atoms with Crippen LogP contribution in [0, 0.1) is 5.41 Å². The van der Waals surface area contributed by atoms with Crippen LogP contribution in [-0.2, 0) is 0 Å². The highest BCUT2D eigenvalue weighted by Gasteiger charge is 2.46. The van der Waals surface area contributed by atoms with E-state index in [1.807, 2.05) is 0 Å². The molecule has 0 aromatic heterocycles. The number of rotatable bonds is 4. The van der Waals surface area contributed by atoms with E-state index in [9.17, 15) is 0 Å². The van der Waals surface area contributed by atoms with E-state index in [1.165, 1.54) is 57.8 Å².